The van der Waals surface area contributed by atoms with Crippen molar-refractivity contribution < 1.29 is 4.79 Å². The molecule has 0 amide bonds. The van der Waals surface area contributed by atoms with Gasteiger partial charge >= 0.3 is 0 Å². The van der Waals surface area contributed by atoms with E-state index in [2.05, 4.69) is 31.5 Å². The number of pyridine rings is 1. The third-order valence-electron chi connectivity index (χ3n) is 2.52. The summed E-state index contributed by atoms with van der Waals surface area (Å²) in [7, 11) is 0. The summed E-state index contributed by atoms with van der Waals surface area (Å²) in [6.07, 6.45) is 1.69. The van der Waals surface area contributed by atoms with E-state index in [1.165, 1.54) is 6.92 Å². The van der Waals surface area contributed by atoms with Gasteiger partial charge in [-0.05, 0) is 71.5 Å². The highest BCUT2D eigenvalue weighted by Gasteiger charge is 2.02. The van der Waals surface area contributed by atoms with E-state index in [-0.39, 0.29) is 5.78 Å². The van der Waals surface area contributed by atoms with Crippen LogP contribution >= 0.6 is 28.1 Å². The first-order valence-electron chi connectivity index (χ1n) is 5.85. The van der Waals surface area contributed by atoms with Crippen LogP contribution in [-0.2, 0) is 0 Å². The lowest BCUT2D eigenvalue weighted by Gasteiger charge is -2.10. The van der Waals surface area contributed by atoms with Gasteiger partial charge in [-0.15, -0.1) is 0 Å². The number of halogens is 1. The molecule has 0 aliphatic carbocycles. The molecule has 0 radical (unpaired) electrons. The zero-order valence-electron chi connectivity index (χ0n) is 10.7. The second kappa shape index (κ2) is 6.58. The number of carbonyl (C=O) groups excluding carboxylic acids is 1. The molecule has 0 unspecified atom stereocenters. The molecule has 1 heterocycles. The minimum absolute atomic E-state index is 0.0383. The number of anilines is 2. The van der Waals surface area contributed by atoms with Gasteiger partial charge < -0.3 is 10.6 Å². The van der Waals surface area contributed by atoms with Crippen molar-refractivity contribution in [2.45, 2.75) is 6.92 Å². The fraction of sp³-hybridized carbons (Fsp3) is 0.0714. The molecule has 0 aliphatic rings. The Morgan fingerprint density at radius 3 is 2.40 bits per heavy atom. The summed E-state index contributed by atoms with van der Waals surface area (Å²) in [4.78, 5) is 15.3. The molecule has 2 rings (SSSR count). The molecule has 6 heteroatoms. The summed E-state index contributed by atoms with van der Waals surface area (Å²) in [5, 5.41) is 6.45. The summed E-state index contributed by atoms with van der Waals surface area (Å²) in [6.45, 7) is 1.54. The summed E-state index contributed by atoms with van der Waals surface area (Å²) in [6, 6.07) is 10.8. The average molecular weight is 350 g/mol. The van der Waals surface area contributed by atoms with Crippen LogP contribution in [0.25, 0.3) is 0 Å². The van der Waals surface area contributed by atoms with Crippen molar-refractivity contribution in [1.82, 2.24) is 4.98 Å². The van der Waals surface area contributed by atoms with E-state index in [1.807, 2.05) is 12.1 Å². The van der Waals surface area contributed by atoms with Crippen molar-refractivity contribution in [3.05, 3.63) is 52.6 Å². The van der Waals surface area contributed by atoms with Crippen molar-refractivity contribution in [3.63, 3.8) is 0 Å². The first-order chi connectivity index (χ1) is 9.54. The van der Waals surface area contributed by atoms with Crippen molar-refractivity contribution in [2.24, 2.45) is 0 Å². The van der Waals surface area contributed by atoms with Crippen molar-refractivity contribution in [1.29, 1.82) is 0 Å². The van der Waals surface area contributed by atoms with Crippen LogP contribution in [0, 0.1) is 0 Å². The van der Waals surface area contributed by atoms with Crippen molar-refractivity contribution in [3.8, 4) is 0 Å². The molecule has 0 fully saturated rings. The lowest BCUT2D eigenvalue weighted by molar-refractivity contribution is 0.101. The molecule has 0 saturated carbocycles. The molecule has 0 aliphatic heterocycles. The van der Waals surface area contributed by atoms with E-state index in [9.17, 15) is 4.79 Å². The molecule has 1 aromatic heterocycles. The minimum atomic E-state index is 0.0383. The molecule has 20 heavy (non-hydrogen) atoms. The molecule has 4 nitrogen and oxygen atoms in total. The fourth-order valence-electron chi connectivity index (χ4n) is 1.52. The quantitative estimate of drug-likeness (QED) is 0.650. The summed E-state index contributed by atoms with van der Waals surface area (Å²) in [5.41, 5.74) is 1.48. The maximum atomic E-state index is 11.2. The Labute approximate surface area is 130 Å². The van der Waals surface area contributed by atoms with Crippen LogP contribution < -0.4 is 10.6 Å². The minimum Gasteiger partial charge on any atom is -0.332 e. The number of ketones is 1. The van der Waals surface area contributed by atoms with Gasteiger partial charge in [-0.25, -0.2) is 4.98 Å². The Balaban J connectivity index is 1.97. The Morgan fingerprint density at radius 1 is 1.15 bits per heavy atom. The highest BCUT2D eigenvalue weighted by Crippen LogP contribution is 2.13. The SMILES string of the molecule is CC(=O)c1ccc(NC(=S)Nc2ccc(Br)cn2)cc1. The lowest BCUT2D eigenvalue weighted by atomic mass is 10.1. The number of hydrogen-bond acceptors (Lipinski definition) is 3. The van der Waals surface area contributed by atoms with E-state index >= 15 is 0 Å². The summed E-state index contributed by atoms with van der Waals surface area (Å²) in [5.74, 6) is 0.697. The van der Waals surface area contributed by atoms with E-state index < -0.39 is 0 Å². The van der Waals surface area contributed by atoms with E-state index in [1.54, 1.807) is 30.5 Å². The summed E-state index contributed by atoms with van der Waals surface area (Å²) < 4.78 is 0.904. The van der Waals surface area contributed by atoms with Gasteiger partial charge in [0.1, 0.15) is 5.82 Å². The third-order valence-corrected chi connectivity index (χ3v) is 3.19. The zero-order chi connectivity index (χ0) is 14.5. The van der Waals surface area contributed by atoms with Crippen molar-refractivity contribution >= 4 is 50.5 Å². The summed E-state index contributed by atoms with van der Waals surface area (Å²) >= 11 is 8.51. The van der Waals surface area contributed by atoms with Crippen LogP contribution in [0.4, 0.5) is 11.5 Å². The molecule has 2 aromatic rings. The Hall–Kier alpha value is -1.79. The molecular weight excluding hydrogens is 338 g/mol. The Morgan fingerprint density at radius 2 is 1.85 bits per heavy atom. The standard InChI is InChI=1S/C14H12BrN3OS/c1-9(19)10-2-5-12(6-3-10)17-14(20)18-13-7-4-11(15)8-16-13/h2-8H,1H3,(H2,16,17,18,20). The number of benzene rings is 1. The normalized spacial score (nSPS) is 9.90. The number of thiocarbonyl (C=S) groups is 1. The number of aromatic nitrogens is 1. The number of Topliss-reactive ketones (excluding diaryl/α,β-unsaturated/α-hetero) is 1. The first kappa shape index (κ1) is 14.6. The van der Waals surface area contributed by atoms with E-state index in [0.717, 1.165) is 10.2 Å². The van der Waals surface area contributed by atoms with Crippen LogP contribution in [0.5, 0.6) is 0 Å². The molecule has 0 spiro atoms. The number of hydrogen-bond donors (Lipinski definition) is 2. The Bertz CT molecular complexity index is 626. The molecule has 1 aromatic carbocycles. The average Bonchev–Trinajstić information content (AvgIpc) is 2.42. The largest absolute Gasteiger partial charge is 0.332 e. The predicted octanol–water partition coefficient (Wildman–Crippen LogP) is 3.86. The maximum Gasteiger partial charge on any atom is 0.176 e. The lowest BCUT2D eigenvalue weighted by Crippen LogP contribution is -2.19. The number of nitrogens with one attached hydrogen (secondary N) is 2. The van der Waals surface area contributed by atoms with Gasteiger partial charge in [-0.1, -0.05) is 0 Å². The van der Waals surface area contributed by atoms with Gasteiger partial charge in [0.2, 0.25) is 0 Å². The van der Waals surface area contributed by atoms with Gasteiger partial charge in [0.25, 0.3) is 0 Å². The van der Waals surface area contributed by atoms with E-state index in [0.29, 0.717) is 16.5 Å². The van der Waals surface area contributed by atoms with Crippen LogP contribution in [0.1, 0.15) is 17.3 Å². The van der Waals surface area contributed by atoms with Crippen molar-refractivity contribution in [2.75, 3.05) is 10.6 Å². The second-order valence-electron chi connectivity index (χ2n) is 4.07. The topological polar surface area (TPSA) is 54.0 Å². The first-order valence-corrected chi connectivity index (χ1v) is 7.05. The van der Waals surface area contributed by atoms with Gasteiger partial charge in [0.05, 0.1) is 0 Å². The smallest absolute Gasteiger partial charge is 0.176 e. The highest BCUT2D eigenvalue weighted by atomic mass is 79.9. The van der Waals surface area contributed by atoms with Crippen LogP contribution in [0.2, 0.25) is 0 Å². The fourth-order valence-corrected chi connectivity index (χ4v) is 1.97. The van der Waals surface area contributed by atoms with E-state index in [4.69, 9.17) is 12.2 Å². The van der Waals surface area contributed by atoms with Gasteiger partial charge in [-0.3, -0.25) is 4.79 Å². The second-order valence-corrected chi connectivity index (χ2v) is 5.40. The van der Waals surface area contributed by atoms with Gasteiger partial charge in [0, 0.05) is 21.9 Å². The monoisotopic (exact) mass is 349 g/mol. The molecule has 0 atom stereocenters. The van der Waals surface area contributed by atoms with Gasteiger partial charge in [-0.2, -0.15) is 0 Å². The number of nitrogens with zero attached hydrogens (tertiary/aromatic N) is 1. The molecular formula is C14H12BrN3OS. The molecule has 102 valence electrons. The van der Waals surface area contributed by atoms with Crippen LogP contribution in [0.3, 0.4) is 0 Å². The number of carbonyl (C=O) groups is 1. The zero-order valence-corrected chi connectivity index (χ0v) is 13.1. The van der Waals surface area contributed by atoms with Gasteiger partial charge in [0.15, 0.2) is 10.9 Å². The molecule has 0 bridgehead atoms. The third kappa shape index (κ3) is 4.11. The molecule has 2 N–H and O–H groups in total. The molecule has 0 saturated heterocycles. The number of rotatable bonds is 3. The highest BCUT2D eigenvalue weighted by molar-refractivity contribution is 9.10. The van der Waals surface area contributed by atoms with Crippen LogP contribution in [0.15, 0.2) is 47.1 Å². The van der Waals surface area contributed by atoms with Crippen LogP contribution in [-0.4, -0.2) is 15.9 Å². The predicted molar refractivity (Wildman–Crippen MR) is 88.2 cm³/mol. The maximum absolute atomic E-state index is 11.2. The Kier molecular flexibility index (Phi) is 4.81.